The molecule has 0 unspecified atom stereocenters. The van der Waals surface area contributed by atoms with Crippen molar-refractivity contribution in [1.82, 2.24) is 25.0 Å². The normalized spacial score (nSPS) is 17.5. The van der Waals surface area contributed by atoms with Crippen molar-refractivity contribution in [2.24, 2.45) is 0 Å². The van der Waals surface area contributed by atoms with Crippen LogP contribution in [0, 0.1) is 13.8 Å². The second-order valence-corrected chi connectivity index (χ2v) is 7.32. The molecule has 7 nitrogen and oxygen atoms in total. The number of benzene rings is 1. The summed E-state index contributed by atoms with van der Waals surface area (Å²) < 4.78 is 5.23. The standard InChI is InChI=1S/C17H19N5O2S/c1-10-3-4-13-14(7-10)20-17(19-13)25-9-15(23)22-6-5-12(8-22)16-18-11(2)21-24-16/h3-4,7,12H,5-6,8-9H2,1-2H3,(H,19,20)/t12-/m1/s1. The van der Waals surface area contributed by atoms with E-state index in [1.807, 2.05) is 24.0 Å². The van der Waals surface area contributed by atoms with E-state index in [1.54, 1.807) is 6.92 Å². The number of amides is 1. The molecule has 1 N–H and O–H groups in total. The van der Waals surface area contributed by atoms with E-state index in [-0.39, 0.29) is 11.8 Å². The summed E-state index contributed by atoms with van der Waals surface area (Å²) in [5.41, 5.74) is 3.11. The Morgan fingerprint density at radius 2 is 2.28 bits per heavy atom. The maximum atomic E-state index is 12.5. The smallest absolute Gasteiger partial charge is 0.233 e. The number of thioether (sulfide) groups is 1. The lowest BCUT2D eigenvalue weighted by Crippen LogP contribution is -2.30. The molecule has 8 heteroatoms. The fourth-order valence-corrected chi connectivity index (χ4v) is 3.84. The van der Waals surface area contributed by atoms with Crippen LogP contribution in [-0.4, -0.2) is 49.8 Å². The second-order valence-electron chi connectivity index (χ2n) is 6.36. The first-order valence-electron chi connectivity index (χ1n) is 8.25. The summed E-state index contributed by atoms with van der Waals surface area (Å²) >= 11 is 1.44. The van der Waals surface area contributed by atoms with Crippen LogP contribution in [-0.2, 0) is 4.79 Å². The minimum absolute atomic E-state index is 0.111. The first-order chi connectivity index (χ1) is 12.1. The predicted molar refractivity (Wildman–Crippen MR) is 94.5 cm³/mol. The third kappa shape index (κ3) is 3.39. The summed E-state index contributed by atoms with van der Waals surface area (Å²) in [6.45, 7) is 5.22. The van der Waals surface area contributed by atoms with E-state index in [1.165, 1.54) is 17.3 Å². The second kappa shape index (κ2) is 6.51. The number of carbonyl (C=O) groups is 1. The molecule has 3 aromatic rings. The lowest BCUT2D eigenvalue weighted by Gasteiger charge is -2.14. The van der Waals surface area contributed by atoms with Crippen molar-refractivity contribution in [2.75, 3.05) is 18.8 Å². The van der Waals surface area contributed by atoms with E-state index in [0.29, 0.717) is 24.0 Å². The van der Waals surface area contributed by atoms with E-state index in [4.69, 9.17) is 4.52 Å². The first-order valence-corrected chi connectivity index (χ1v) is 9.24. The molecule has 3 heterocycles. The third-order valence-electron chi connectivity index (χ3n) is 4.38. The molecule has 0 saturated carbocycles. The van der Waals surface area contributed by atoms with Crippen LogP contribution in [0.1, 0.15) is 29.6 Å². The highest BCUT2D eigenvalue weighted by Gasteiger charge is 2.30. The van der Waals surface area contributed by atoms with Gasteiger partial charge >= 0.3 is 0 Å². The minimum atomic E-state index is 0.111. The zero-order valence-corrected chi connectivity index (χ0v) is 15.0. The molecule has 2 aromatic heterocycles. The van der Waals surface area contributed by atoms with Crippen molar-refractivity contribution in [2.45, 2.75) is 31.3 Å². The molecule has 1 saturated heterocycles. The average Bonchev–Trinajstić information content (AvgIpc) is 3.30. The van der Waals surface area contributed by atoms with Crippen LogP contribution in [0.3, 0.4) is 0 Å². The van der Waals surface area contributed by atoms with Gasteiger partial charge in [0.2, 0.25) is 11.8 Å². The van der Waals surface area contributed by atoms with Gasteiger partial charge in [0, 0.05) is 13.1 Å². The van der Waals surface area contributed by atoms with Crippen LogP contribution in [0.2, 0.25) is 0 Å². The van der Waals surface area contributed by atoms with Gasteiger partial charge in [-0.05, 0) is 38.0 Å². The van der Waals surface area contributed by atoms with Gasteiger partial charge in [-0.15, -0.1) is 0 Å². The Balaban J connectivity index is 1.35. The molecule has 130 valence electrons. The van der Waals surface area contributed by atoms with Crippen molar-refractivity contribution >= 4 is 28.7 Å². The number of hydrogen-bond donors (Lipinski definition) is 1. The van der Waals surface area contributed by atoms with Crippen molar-refractivity contribution in [3.05, 3.63) is 35.5 Å². The number of H-pyrrole nitrogens is 1. The maximum absolute atomic E-state index is 12.5. The highest BCUT2D eigenvalue weighted by molar-refractivity contribution is 7.99. The Hall–Kier alpha value is -2.35. The Morgan fingerprint density at radius 3 is 3.08 bits per heavy atom. The highest BCUT2D eigenvalue weighted by atomic mass is 32.2. The number of carbonyl (C=O) groups excluding carboxylic acids is 1. The molecular weight excluding hydrogens is 338 g/mol. The summed E-state index contributed by atoms with van der Waals surface area (Å²) in [5.74, 6) is 1.89. The molecule has 0 aliphatic carbocycles. The van der Waals surface area contributed by atoms with E-state index in [9.17, 15) is 4.79 Å². The molecule has 1 aromatic carbocycles. The van der Waals surface area contributed by atoms with Crippen molar-refractivity contribution in [3.8, 4) is 0 Å². The number of aryl methyl sites for hydroxylation is 2. The van der Waals surface area contributed by atoms with Crippen LogP contribution in [0.25, 0.3) is 11.0 Å². The predicted octanol–water partition coefficient (Wildman–Crippen LogP) is 2.67. The lowest BCUT2D eigenvalue weighted by atomic mass is 10.1. The summed E-state index contributed by atoms with van der Waals surface area (Å²) in [7, 11) is 0. The molecule has 1 amide bonds. The topological polar surface area (TPSA) is 87.9 Å². The van der Waals surface area contributed by atoms with Gasteiger partial charge in [-0.3, -0.25) is 4.79 Å². The zero-order chi connectivity index (χ0) is 17.4. The van der Waals surface area contributed by atoms with Gasteiger partial charge in [-0.1, -0.05) is 23.0 Å². The molecule has 1 atom stereocenters. The summed E-state index contributed by atoms with van der Waals surface area (Å²) in [6.07, 6.45) is 0.863. The number of aromatic nitrogens is 4. The molecule has 1 aliphatic rings. The summed E-state index contributed by atoms with van der Waals surface area (Å²) in [6, 6.07) is 6.09. The number of hydrogen-bond acceptors (Lipinski definition) is 6. The number of fused-ring (bicyclic) bond motifs is 1. The van der Waals surface area contributed by atoms with Gasteiger partial charge in [0.1, 0.15) is 0 Å². The Bertz CT molecular complexity index is 919. The lowest BCUT2D eigenvalue weighted by molar-refractivity contribution is -0.127. The van der Waals surface area contributed by atoms with Crippen molar-refractivity contribution < 1.29 is 9.32 Å². The molecule has 0 bridgehead atoms. The van der Waals surface area contributed by atoms with Gasteiger partial charge in [-0.25, -0.2) is 4.98 Å². The fourth-order valence-electron chi connectivity index (χ4n) is 3.06. The summed E-state index contributed by atoms with van der Waals surface area (Å²) in [5, 5.41) is 4.60. The van der Waals surface area contributed by atoms with Crippen LogP contribution in [0.15, 0.2) is 27.9 Å². The van der Waals surface area contributed by atoms with Crippen LogP contribution >= 0.6 is 11.8 Å². The molecule has 4 rings (SSSR count). The Morgan fingerprint density at radius 1 is 1.40 bits per heavy atom. The van der Waals surface area contributed by atoms with Gasteiger partial charge < -0.3 is 14.4 Å². The third-order valence-corrected chi connectivity index (χ3v) is 5.24. The maximum Gasteiger partial charge on any atom is 0.233 e. The zero-order valence-electron chi connectivity index (χ0n) is 14.2. The average molecular weight is 357 g/mol. The van der Waals surface area contributed by atoms with E-state index >= 15 is 0 Å². The quantitative estimate of drug-likeness (QED) is 0.722. The SMILES string of the molecule is Cc1ccc2nc(SCC(=O)N3CC[C@@H](c4nc(C)no4)C3)[nH]c2c1. The number of nitrogens with one attached hydrogen (secondary N) is 1. The Labute approximate surface area is 149 Å². The molecular formula is C17H19N5O2S. The minimum Gasteiger partial charge on any atom is -0.341 e. The molecule has 1 fully saturated rings. The van der Waals surface area contributed by atoms with E-state index in [2.05, 4.69) is 26.2 Å². The van der Waals surface area contributed by atoms with Crippen LogP contribution in [0.5, 0.6) is 0 Å². The van der Waals surface area contributed by atoms with Crippen LogP contribution in [0.4, 0.5) is 0 Å². The van der Waals surface area contributed by atoms with Crippen molar-refractivity contribution in [3.63, 3.8) is 0 Å². The van der Waals surface area contributed by atoms with Gasteiger partial charge in [0.15, 0.2) is 11.0 Å². The summed E-state index contributed by atoms with van der Waals surface area (Å²) in [4.78, 5) is 26.4. The number of rotatable bonds is 4. The Kier molecular flexibility index (Phi) is 4.20. The fraction of sp³-hybridized carbons (Fsp3) is 0.412. The van der Waals surface area contributed by atoms with E-state index < -0.39 is 0 Å². The van der Waals surface area contributed by atoms with Gasteiger partial charge in [0.25, 0.3) is 0 Å². The molecule has 1 aliphatic heterocycles. The van der Waals surface area contributed by atoms with Gasteiger partial charge in [0.05, 0.1) is 22.7 Å². The largest absolute Gasteiger partial charge is 0.341 e. The first kappa shape index (κ1) is 16.1. The monoisotopic (exact) mass is 357 g/mol. The molecule has 0 spiro atoms. The van der Waals surface area contributed by atoms with E-state index in [0.717, 1.165) is 29.2 Å². The molecule has 25 heavy (non-hydrogen) atoms. The molecule has 0 radical (unpaired) electrons. The number of nitrogens with zero attached hydrogens (tertiary/aromatic N) is 4. The number of imidazole rings is 1. The highest BCUT2D eigenvalue weighted by Crippen LogP contribution is 2.27. The number of aromatic amines is 1. The van der Waals surface area contributed by atoms with Gasteiger partial charge in [-0.2, -0.15) is 4.98 Å². The van der Waals surface area contributed by atoms with Crippen LogP contribution < -0.4 is 0 Å². The van der Waals surface area contributed by atoms with Crippen molar-refractivity contribution in [1.29, 1.82) is 0 Å². The number of likely N-dealkylation sites (tertiary alicyclic amines) is 1.